The van der Waals surface area contributed by atoms with E-state index in [-0.39, 0.29) is 5.69 Å². The van der Waals surface area contributed by atoms with E-state index in [4.69, 9.17) is 9.84 Å². The minimum absolute atomic E-state index is 0.0236. The molecule has 0 bridgehead atoms. The average Bonchev–Trinajstić information content (AvgIpc) is 2.47. The van der Waals surface area contributed by atoms with Gasteiger partial charge in [0.2, 0.25) is 5.88 Å². The number of hydrogen-bond acceptors (Lipinski definition) is 5. The van der Waals surface area contributed by atoms with Crippen molar-refractivity contribution in [1.29, 1.82) is 0 Å². The SMILES string of the molecule is O=C(O)/C=C/c1ccc(Oc2ccc([N+](=O)[O-])cc2)nc1. The number of benzene rings is 1. The van der Waals surface area contributed by atoms with Gasteiger partial charge in [0.25, 0.3) is 5.69 Å². The fraction of sp³-hybridized carbons (Fsp3) is 0. The molecule has 0 fully saturated rings. The Hall–Kier alpha value is -3.22. The number of ether oxygens (including phenoxy) is 1. The van der Waals surface area contributed by atoms with Gasteiger partial charge in [-0.3, -0.25) is 10.1 Å². The molecule has 0 saturated carbocycles. The molecule has 1 heterocycles. The summed E-state index contributed by atoms with van der Waals surface area (Å²) in [4.78, 5) is 24.4. The van der Waals surface area contributed by atoms with Gasteiger partial charge in [0.15, 0.2) is 0 Å². The topological polar surface area (TPSA) is 103 Å². The summed E-state index contributed by atoms with van der Waals surface area (Å²) in [5, 5.41) is 19.0. The highest BCUT2D eigenvalue weighted by Crippen LogP contribution is 2.22. The maximum Gasteiger partial charge on any atom is 0.328 e. The van der Waals surface area contributed by atoms with Crippen molar-refractivity contribution in [3.05, 3.63) is 64.3 Å². The Morgan fingerprint density at radius 3 is 2.48 bits per heavy atom. The van der Waals surface area contributed by atoms with Crippen molar-refractivity contribution in [2.75, 3.05) is 0 Å². The van der Waals surface area contributed by atoms with Gasteiger partial charge in [0.05, 0.1) is 4.92 Å². The molecule has 0 amide bonds. The predicted molar refractivity (Wildman–Crippen MR) is 74.1 cm³/mol. The van der Waals surface area contributed by atoms with Gasteiger partial charge >= 0.3 is 5.97 Å². The summed E-state index contributed by atoms with van der Waals surface area (Å²) >= 11 is 0. The number of aliphatic carboxylic acids is 1. The molecule has 2 rings (SSSR count). The van der Waals surface area contributed by atoms with Crippen LogP contribution in [0.15, 0.2) is 48.7 Å². The largest absolute Gasteiger partial charge is 0.478 e. The van der Waals surface area contributed by atoms with Gasteiger partial charge < -0.3 is 9.84 Å². The van der Waals surface area contributed by atoms with Crippen molar-refractivity contribution in [1.82, 2.24) is 4.98 Å². The third-order valence-electron chi connectivity index (χ3n) is 2.45. The van der Waals surface area contributed by atoms with Gasteiger partial charge in [-0.15, -0.1) is 0 Å². The number of nitro groups is 1. The standard InChI is InChI=1S/C14H10N2O5/c17-14(18)8-2-10-1-7-13(15-9-10)21-12-5-3-11(4-6-12)16(19)20/h1-9H,(H,17,18)/b8-2+. The number of carboxylic acid groups (broad SMARTS) is 1. The van der Waals surface area contributed by atoms with Crippen molar-refractivity contribution in [3.8, 4) is 11.6 Å². The van der Waals surface area contributed by atoms with E-state index in [1.807, 2.05) is 0 Å². The fourth-order valence-corrected chi connectivity index (χ4v) is 1.47. The Bertz CT molecular complexity index is 678. The third kappa shape index (κ3) is 4.13. The van der Waals surface area contributed by atoms with Gasteiger partial charge in [-0.1, -0.05) is 0 Å². The van der Waals surface area contributed by atoms with Crippen LogP contribution in [0.1, 0.15) is 5.56 Å². The molecule has 1 aromatic carbocycles. The lowest BCUT2D eigenvalue weighted by molar-refractivity contribution is -0.384. The molecule has 0 aliphatic carbocycles. The summed E-state index contributed by atoms with van der Waals surface area (Å²) in [7, 11) is 0. The molecule has 7 heteroatoms. The minimum Gasteiger partial charge on any atom is -0.478 e. The highest BCUT2D eigenvalue weighted by atomic mass is 16.6. The molecule has 2 aromatic rings. The number of rotatable bonds is 5. The first-order valence-electron chi connectivity index (χ1n) is 5.84. The first kappa shape index (κ1) is 14.2. The Labute approximate surface area is 119 Å². The van der Waals surface area contributed by atoms with Crippen LogP contribution in [0.2, 0.25) is 0 Å². The van der Waals surface area contributed by atoms with E-state index in [0.717, 1.165) is 6.08 Å². The molecular formula is C14H10N2O5. The maximum absolute atomic E-state index is 10.5. The van der Waals surface area contributed by atoms with Crippen LogP contribution in [-0.2, 0) is 4.79 Å². The highest BCUT2D eigenvalue weighted by Gasteiger charge is 2.05. The average molecular weight is 286 g/mol. The summed E-state index contributed by atoms with van der Waals surface area (Å²) in [5.41, 5.74) is 0.595. The molecule has 21 heavy (non-hydrogen) atoms. The normalized spacial score (nSPS) is 10.5. The zero-order chi connectivity index (χ0) is 15.2. The molecule has 0 unspecified atom stereocenters. The lowest BCUT2D eigenvalue weighted by Gasteiger charge is -2.04. The third-order valence-corrected chi connectivity index (χ3v) is 2.45. The Balaban J connectivity index is 2.06. The molecule has 106 valence electrons. The molecule has 1 aromatic heterocycles. The van der Waals surface area contributed by atoms with E-state index < -0.39 is 10.9 Å². The lowest BCUT2D eigenvalue weighted by atomic mass is 10.2. The van der Waals surface area contributed by atoms with Crippen molar-refractivity contribution < 1.29 is 19.6 Å². The van der Waals surface area contributed by atoms with Crippen molar-refractivity contribution >= 4 is 17.7 Å². The van der Waals surface area contributed by atoms with Crippen LogP contribution in [0.25, 0.3) is 6.08 Å². The molecule has 0 spiro atoms. The van der Waals surface area contributed by atoms with Gasteiger partial charge in [-0.2, -0.15) is 0 Å². The van der Waals surface area contributed by atoms with E-state index in [2.05, 4.69) is 4.98 Å². The smallest absolute Gasteiger partial charge is 0.328 e. The first-order chi connectivity index (χ1) is 10.0. The van der Waals surface area contributed by atoms with E-state index in [1.165, 1.54) is 36.5 Å². The molecule has 1 N–H and O–H groups in total. The van der Waals surface area contributed by atoms with Crippen molar-refractivity contribution in [3.63, 3.8) is 0 Å². The lowest BCUT2D eigenvalue weighted by Crippen LogP contribution is -1.90. The first-order valence-corrected chi connectivity index (χ1v) is 5.84. The summed E-state index contributed by atoms with van der Waals surface area (Å²) in [6, 6.07) is 8.82. The quantitative estimate of drug-likeness (QED) is 0.515. The number of pyridine rings is 1. The number of hydrogen-bond donors (Lipinski definition) is 1. The molecule has 0 aliphatic heterocycles. The molecule has 0 atom stereocenters. The van der Waals surface area contributed by atoms with Gasteiger partial charge in [0, 0.05) is 30.5 Å². The summed E-state index contributed by atoms with van der Waals surface area (Å²) in [5.74, 6) is -0.320. The minimum atomic E-state index is -1.04. The van der Waals surface area contributed by atoms with E-state index in [1.54, 1.807) is 12.1 Å². The fourth-order valence-electron chi connectivity index (χ4n) is 1.47. The number of carboxylic acids is 1. The van der Waals surface area contributed by atoms with Gasteiger partial charge in [-0.05, 0) is 29.8 Å². The van der Waals surface area contributed by atoms with Gasteiger partial charge in [-0.25, -0.2) is 9.78 Å². The molecule has 7 nitrogen and oxygen atoms in total. The molecule has 0 aliphatic rings. The van der Waals surface area contributed by atoms with Crippen molar-refractivity contribution in [2.24, 2.45) is 0 Å². The molecule has 0 saturated heterocycles. The molecule has 0 radical (unpaired) electrons. The zero-order valence-corrected chi connectivity index (χ0v) is 10.7. The number of carbonyl (C=O) groups is 1. The predicted octanol–water partition coefficient (Wildman–Crippen LogP) is 2.88. The van der Waals surface area contributed by atoms with Crippen LogP contribution in [0.4, 0.5) is 5.69 Å². The number of non-ortho nitro benzene ring substituents is 1. The van der Waals surface area contributed by atoms with E-state index in [0.29, 0.717) is 17.2 Å². The Kier molecular flexibility index (Phi) is 4.25. The highest BCUT2D eigenvalue weighted by molar-refractivity contribution is 5.85. The number of nitro benzene ring substituents is 1. The maximum atomic E-state index is 10.5. The number of aromatic nitrogens is 1. The van der Waals surface area contributed by atoms with Crippen LogP contribution in [0.5, 0.6) is 11.6 Å². The second-order valence-corrected chi connectivity index (χ2v) is 3.95. The summed E-state index contributed by atoms with van der Waals surface area (Å²) in [6.45, 7) is 0. The second kappa shape index (κ2) is 6.29. The van der Waals surface area contributed by atoms with Crippen LogP contribution in [0, 0.1) is 10.1 Å². The van der Waals surface area contributed by atoms with Crippen LogP contribution in [-0.4, -0.2) is 21.0 Å². The summed E-state index contributed by atoms with van der Waals surface area (Å²) in [6.07, 6.45) is 3.87. The van der Waals surface area contributed by atoms with Crippen molar-refractivity contribution in [2.45, 2.75) is 0 Å². The van der Waals surface area contributed by atoms with E-state index >= 15 is 0 Å². The Morgan fingerprint density at radius 1 is 1.24 bits per heavy atom. The molecular weight excluding hydrogens is 276 g/mol. The van der Waals surface area contributed by atoms with E-state index in [9.17, 15) is 14.9 Å². The van der Waals surface area contributed by atoms with Gasteiger partial charge in [0.1, 0.15) is 5.75 Å². The van der Waals surface area contributed by atoms with Crippen LogP contribution in [0.3, 0.4) is 0 Å². The Morgan fingerprint density at radius 2 is 1.95 bits per heavy atom. The summed E-state index contributed by atoms with van der Waals surface area (Å²) < 4.78 is 5.42. The van der Waals surface area contributed by atoms with Crippen LogP contribution < -0.4 is 4.74 Å². The monoisotopic (exact) mass is 286 g/mol. The number of nitrogens with zero attached hydrogens (tertiary/aromatic N) is 2. The van der Waals surface area contributed by atoms with Crippen LogP contribution >= 0.6 is 0 Å². The zero-order valence-electron chi connectivity index (χ0n) is 10.7. The second-order valence-electron chi connectivity index (χ2n) is 3.95.